The fraction of sp³-hybridized carbons (Fsp3) is 0.174. The number of H-pyrrole nitrogens is 1. The standard InChI is InChI=1S/C23H21N3O3/c1-3-14(2)15-8-10-17(11-9-15)26-22(28)19(21(27)25-23(26)29)12-16-13-24-20-7-5-4-6-18(16)20/h4-14,28H,3H2,1-2H3,(H,25,27,29)/b16-12+. The van der Waals surface area contributed by atoms with E-state index in [2.05, 4.69) is 23.8 Å². The highest BCUT2D eigenvalue weighted by atomic mass is 16.3. The van der Waals surface area contributed by atoms with E-state index < -0.39 is 17.1 Å². The SMILES string of the molecule is CCC(C)c1ccc(-n2c(O)c(/C=C3\C=Nc4ccccc43)c(=O)[nH]c2=O)cc1. The first-order valence-electron chi connectivity index (χ1n) is 9.53. The third-order valence-corrected chi connectivity index (χ3v) is 5.31. The first-order chi connectivity index (χ1) is 14.0. The van der Waals surface area contributed by atoms with Crippen molar-refractivity contribution in [3.8, 4) is 11.6 Å². The molecule has 0 amide bonds. The minimum absolute atomic E-state index is 0.00811. The molecule has 0 saturated carbocycles. The van der Waals surface area contributed by atoms with Crippen LogP contribution in [-0.4, -0.2) is 20.9 Å². The Kier molecular flexibility index (Phi) is 4.76. The Labute approximate surface area is 167 Å². The number of hydrogen-bond donors (Lipinski definition) is 2. The topological polar surface area (TPSA) is 87.4 Å². The van der Waals surface area contributed by atoms with Crippen LogP contribution in [0.25, 0.3) is 17.3 Å². The predicted molar refractivity (Wildman–Crippen MR) is 115 cm³/mol. The van der Waals surface area contributed by atoms with E-state index in [1.807, 2.05) is 36.4 Å². The molecule has 2 heterocycles. The van der Waals surface area contributed by atoms with Gasteiger partial charge in [0.05, 0.1) is 11.4 Å². The third kappa shape index (κ3) is 3.33. The number of allylic oxidation sites excluding steroid dienone is 1. The van der Waals surface area contributed by atoms with E-state index in [0.717, 1.165) is 27.8 Å². The van der Waals surface area contributed by atoms with Crippen LogP contribution in [0.15, 0.2) is 63.1 Å². The number of aromatic amines is 1. The monoisotopic (exact) mass is 387 g/mol. The molecule has 1 atom stereocenters. The molecule has 29 heavy (non-hydrogen) atoms. The van der Waals surface area contributed by atoms with Crippen LogP contribution in [0.1, 0.15) is 42.9 Å². The number of hydrogen-bond acceptors (Lipinski definition) is 4. The van der Waals surface area contributed by atoms with Crippen LogP contribution in [0.3, 0.4) is 0 Å². The number of rotatable bonds is 4. The van der Waals surface area contributed by atoms with Crippen molar-refractivity contribution < 1.29 is 5.11 Å². The van der Waals surface area contributed by atoms with Crippen LogP contribution < -0.4 is 11.2 Å². The second kappa shape index (κ2) is 7.39. The lowest BCUT2D eigenvalue weighted by Gasteiger charge is -2.13. The summed E-state index contributed by atoms with van der Waals surface area (Å²) in [4.78, 5) is 31.4. The lowest BCUT2D eigenvalue weighted by atomic mass is 9.98. The maximum Gasteiger partial charge on any atom is 0.335 e. The van der Waals surface area contributed by atoms with Gasteiger partial charge in [-0.3, -0.25) is 14.8 Å². The van der Waals surface area contributed by atoms with Crippen LogP contribution in [0, 0.1) is 0 Å². The molecular weight excluding hydrogens is 366 g/mol. The number of benzene rings is 2. The normalized spacial score (nSPS) is 14.9. The smallest absolute Gasteiger partial charge is 0.335 e. The van der Waals surface area contributed by atoms with Crippen molar-refractivity contribution in [3.05, 3.63) is 86.1 Å². The highest BCUT2D eigenvalue weighted by Gasteiger charge is 2.17. The van der Waals surface area contributed by atoms with Crippen molar-refractivity contribution >= 4 is 23.6 Å². The quantitative estimate of drug-likeness (QED) is 0.709. The molecule has 1 aliphatic heterocycles. The molecule has 6 nitrogen and oxygen atoms in total. The first-order valence-corrected chi connectivity index (χ1v) is 9.53. The molecule has 4 rings (SSSR count). The van der Waals surface area contributed by atoms with Gasteiger partial charge in [-0.2, -0.15) is 0 Å². The fourth-order valence-electron chi connectivity index (χ4n) is 3.41. The zero-order chi connectivity index (χ0) is 20.5. The molecule has 0 bridgehead atoms. The first kappa shape index (κ1) is 18.7. The van der Waals surface area contributed by atoms with Gasteiger partial charge in [0.25, 0.3) is 5.56 Å². The van der Waals surface area contributed by atoms with E-state index in [1.165, 1.54) is 0 Å². The number of nitrogens with one attached hydrogen (secondary N) is 1. The lowest BCUT2D eigenvalue weighted by Crippen LogP contribution is -2.30. The van der Waals surface area contributed by atoms with E-state index >= 15 is 0 Å². The van der Waals surface area contributed by atoms with E-state index in [0.29, 0.717) is 17.2 Å². The molecule has 2 aromatic carbocycles. The van der Waals surface area contributed by atoms with E-state index in [4.69, 9.17) is 0 Å². The number of aromatic nitrogens is 2. The molecule has 0 spiro atoms. The molecule has 0 radical (unpaired) electrons. The Bertz CT molecular complexity index is 1250. The summed E-state index contributed by atoms with van der Waals surface area (Å²) in [5.41, 5.74) is 2.65. The third-order valence-electron chi connectivity index (χ3n) is 5.31. The number of aliphatic imine (C=N–C) groups is 1. The molecule has 146 valence electrons. The van der Waals surface area contributed by atoms with Crippen molar-refractivity contribution in [2.45, 2.75) is 26.2 Å². The minimum Gasteiger partial charge on any atom is -0.494 e. The maximum absolute atomic E-state index is 12.4. The molecule has 0 fully saturated rings. The summed E-state index contributed by atoms with van der Waals surface area (Å²) in [5.74, 6) is -0.00714. The molecule has 2 N–H and O–H groups in total. The van der Waals surface area contributed by atoms with E-state index in [1.54, 1.807) is 24.4 Å². The molecule has 1 aromatic heterocycles. The van der Waals surface area contributed by atoms with Crippen molar-refractivity contribution in [2.75, 3.05) is 0 Å². The van der Waals surface area contributed by atoms with Gasteiger partial charge in [0.2, 0.25) is 5.88 Å². The van der Waals surface area contributed by atoms with Gasteiger partial charge in [-0.05, 0) is 42.2 Å². The van der Waals surface area contributed by atoms with Crippen LogP contribution >= 0.6 is 0 Å². The molecule has 0 aliphatic carbocycles. The molecular formula is C23H21N3O3. The maximum atomic E-state index is 12.4. The van der Waals surface area contributed by atoms with Crippen molar-refractivity contribution in [2.24, 2.45) is 4.99 Å². The Balaban J connectivity index is 1.83. The summed E-state index contributed by atoms with van der Waals surface area (Å²) < 4.78 is 1.10. The molecule has 1 aliphatic rings. The number of nitrogens with zero attached hydrogens (tertiary/aromatic N) is 2. The van der Waals surface area contributed by atoms with Gasteiger partial charge in [-0.25, -0.2) is 9.36 Å². The van der Waals surface area contributed by atoms with Crippen LogP contribution in [0.5, 0.6) is 5.88 Å². The highest BCUT2D eigenvalue weighted by molar-refractivity contribution is 6.21. The molecule has 0 saturated heterocycles. The van der Waals surface area contributed by atoms with E-state index in [9.17, 15) is 14.7 Å². The van der Waals surface area contributed by atoms with Gasteiger partial charge in [0.15, 0.2) is 0 Å². The van der Waals surface area contributed by atoms with Crippen molar-refractivity contribution in [1.29, 1.82) is 0 Å². The van der Waals surface area contributed by atoms with Crippen molar-refractivity contribution in [1.82, 2.24) is 9.55 Å². The summed E-state index contributed by atoms with van der Waals surface area (Å²) in [6.07, 6.45) is 4.19. The largest absolute Gasteiger partial charge is 0.494 e. The molecule has 6 heteroatoms. The van der Waals surface area contributed by atoms with Gasteiger partial charge in [-0.15, -0.1) is 0 Å². The van der Waals surface area contributed by atoms with Crippen LogP contribution in [0.4, 0.5) is 5.69 Å². The van der Waals surface area contributed by atoms with Gasteiger partial charge >= 0.3 is 5.69 Å². The Morgan fingerprint density at radius 2 is 1.86 bits per heavy atom. The number of para-hydroxylation sites is 1. The Hall–Kier alpha value is -3.67. The van der Waals surface area contributed by atoms with Gasteiger partial charge in [0.1, 0.15) is 5.56 Å². The average molecular weight is 387 g/mol. The number of aromatic hydroxyl groups is 1. The second-order valence-corrected chi connectivity index (χ2v) is 7.11. The minimum atomic E-state index is -0.688. The summed E-state index contributed by atoms with van der Waals surface area (Å²) in [6, 6.07) is 14.9. The Morgan fingerprint density at radius 3 is 2.59 bits per heavy atom. The fourth-order valence-corrected chi connectivity index (χ4v) is 3.41. The zero-order valence-corrected chi connectivity index (χ0v) is 16.2. The van der Waals surface area contributed by atoms with E-state index in [-0.39, 0.29) is 5.56 Å². The zero-order valence-electron chi connectivity index (χ0n) is 16.2. The molecule has 3 aromatic rings. The summed E-state index contributed by atoms with van der Waals surface area (Å²) in [6.45, 7) is 4.24. The summed E-state index contributed by atoms with van der Waals surface area (Å²) >= 11 is 0. The van der Waals surface area contributed by atoms with Gasteiger partial charge in [-0.1, -0.05) is 44.2 Å². The van der Waals surface area contributed by atoms with Gasteiger partial charge in [0, 0.05) is 17.4 Å². The highest BCUT2D eigenvalue weighted by Crippen LogP contribution is 2.33. The Morgan fingerprint density at radius 1 is 1.14 bits per heavy atom. The predicted octanol–water partition coefficient (Wildman–Crippen LogP) is 4.00. The van der Waals surface area contributed by atoms with Crippen LogP contribution in [0.2, 0.25) is 0 Å². The lowest BCUT2D eigenvalue weighted by molar-refractivity contribution is 0.429. The summed E-state index contributed by atoms with van der Waals surface area (Å²) in [7, 11) is 0. The second-order valence-electron chi connectivity index (χ2n) is 7.11. The summed E-state index contributed by atoms with van der Waals surface area (Å²) in [5, 5.41) is 10.8. The van der Waals surface area contributed by atoms with Crippen LogP contribution in [-0.2, 0) is 0 Å². The van der Waals surface area contributed by atoms with Crippen molar-refractivity contribution in [3.63, 3.8) is 0 Å². The average Bonchev–Trinajstić information content (AvgIpc) is 3.14. The molecule has 1 unspecified atom stereocenters. The van der Waals surface area contributed by atoms with Gasteiger partial charge < -0.3 is 5.11 Å². The number of fused-ring (bicyclic) bond motifs is 1.